The SMILES string of the molecule is Cc1ccc(C(N)=O)c(O)c1[C@]12CCC[C@H](C)[C@]1(O)CC[C@H](O)C2.NCC1CCC1. The average molecular weight is 419 g/mol. The van der Waals surface area contributed by atoms with Crippen molar-refractivity contribution in [3.8, 4) is 5.75 Å². The van der Waals surface area contributed by atoms with Gasteiger partial charge in [-0.25, -0.2) is 0 Å². The van der Waals surface area contributed by atoms with Crippen LogP contribution in [0.25, 0.3) is 0 Å². The van der Waals surface area contributed by atoms with Gasteiger partial charge in [-0.15, -0.1) is 0 Å². The zero-order valence-corrected chi connectivity index (χ0v) is 18.4. The Balaban J connectivity index is 0.000000367. The Bertz CT molecular complexity index is 776. The summed E-state index contributed by atoms with van der Waals surface area (Å²) in [5.41, 5.74) is 10.5. The van der Waals surface area contributed by atoms with Crippen LogP contribution in [0.3, 0.4) is 0 Å². The maximum absolute atomic E-state index is 11.7. The van der Waals surface area contributed by atoms with Crippen LogP contribution in [-0.4, -0.2) is 39.5 Å². The van der Waals surface area contributed by atoms with Gasteiger partial charge in [-0.05, 0) is 81.9 Å². The maximum Gasteiger partial charge on any atom is 0.252 e. The molecule has 3 saturated carbocycles. The molecule has 0 radical (unpaired) electrons. The Hall–Kier alpha value is -1.63. The Kier molecular flexibility index (Phi) is 6.80. The molecule has 168 valence electrons. The molecule has 1 aromatic carbocycles. The molecular formula is C24H38N2O4. The minimum absolute atomic E-state index is 0.0646. The Morgan fingerprint density at radius 2 is 1.87 bits per heavy atom. The fraction of sp³-hybridized carbons (Fsp3) is 0.708. The Labute approximate surface area is 179 Å². The topological polar surface area (TPSA) is 130 Å². The number of carbonyl (C=O) groups excluding carboxylic acids is 1. The van der Waals surface area contributed by atoms with E-state index in [1.807, 2.05) is 13.8 Å². The minimum atomic E-state index is -0.997. The highest BCUT2D eigenvalue weighted by Crippen LogP contribution is 2.59. The van der Waals surface area contributed by atoms with Crippen LogP contribution in [-0.2, 0) is 5.41 Å². The van der Waals surface area contributed by atoms with Crippen molar-refractivity contribution in [3.05, 3.63) is 28.8 Å². The molecule has 3 aliphatic rings. The van der Waals surface area contributed by atoms with E-state index in [1.54, 1.807) is 6.07 Å². The molecule has 4 atom stereocenters. The molecule has 4 rings (SSSR count). The van der Waals surface area contributed by atoms with E-state index in [9.17, 15) is 20.1 Å². The number of phenols is 1. The third-order valence-electron chi connectivity index (χ3n) is 8.02. The molecule has 0 aromatic heterocycles. The summed E-state index contributed by atoms with van der Waals surface area (Å²) in [7, 11) is 0. The van der Waals surface area contributed by atoms with Gasteiger partial charge in [0.2, 0.25) is 0 Å². The van der Waals surface area contributed by atoms with Crippen molar-refractivity contribution >= 4 is 5.91 Å². The van der Waals surface area contributed by atoms with Crippen LogP contribution in [0.15, 0.2) is 12.1 Å². The molecular weight excluding hydrogens is 380 g/mol. The first-order chi connectivity index (χ1) is 14.2. The predicted octanol–water partition coefficient (Wildman–Crippen LogP) is 2.88. The van der Waals surface area contributed by atoms with Crippen molar-refractivity contribution < 1.29 is 20.1 Å². The number of benzene rings is 1. The summed E-state index contributed by atoms with van der Waals surface area (Å²) in [4.78, 5) is 11.7. The number of aliphatic hydroxyl groups is 2. The maximum atomic E-state index is 11.7. The lowest BCUT2D eigenvalue weighted by molar-refractivity contribution is -0.154. The zero-order valence-electron chi connectivity index (χ0n) is 18.4. The summed E-state index contributed by atoms with van der Waals surface area (Å²) in [6.45, 7) is 4.82. The van der Waals surface area contributed by atoms with Crippen LogP contribution in [0, 0.1) is 18.8 Å². The Morgan fingerprint density at radius 1 is 1.17 bits per heavy atom. The molecule has 0 unspecified atom stereocenters. The molecule has 0 spiro atoms. The quantitative estimate of drug-likeness (QED) is 0.515. The molecule has 6 heteroatoms. The second-order valence-electron chi connectivity index (χ2n) is 9.75. The number of aromatic hydroxyl groups is 1. The molecule has 3 fully saturated rings. The number of amides is 1. The van der Waals surface area contributed by atoms with Gasteiger partial charge in [0.15, 0.2) is 0 Å². The lowest BCUT2D eigenvalue weighted by atomic mass is 9.49. The number of hydrogen-bond donors (Lipinski definition) is 5. The highest BCUT2D eigenvalue weighted by molar-refractivity contribution is 5.96. The number of rotatable bonds is 3. The number of aryl methyl sites for hydroxylation is 1. The monoisotopic (exact) mass is 418 g/mol. The van der Waals surface area contributed by atoms with Crippen LogP contribution < -0.4 is 11.5 Å². The molecule has 7 N–H and O–H groups in total. The van der Waals surface area contributed by atoms with E-state index < -0.39 is 23.0 Å². The van der Waals surface area contributed by atoms with Gasteiger partial charge in [0, 0.05) is 11.0 Å². The van der Waals surface area contributed by atoms with E-state index in [-0.39, 0.29) is 17.2 Å². The summed E-state index contributed by atoms with van der Waals surface area (Å²) < 4.78 is 0. The number of nitrogens with two attached hydrogens (primary N) is 2. The highest BCUT2D eigenvalue weighted by Gasteiger charge is 2.60. The third-order valence-corrected chi connectivity index (χ3v) is 8.02. The molecule has 0 saturated heterocycles. The van der Waals surface area contributed by atoms with E-state index in [4.69, 9.17) is 11.5 Å². The first-order valence-electron chi connectivity index (χ1n) is 11.4. The fourth-order valence-electron chi connectivity index (χ4n) is 5.96. The minimum Gasteiger partial charge on any atom is -0.507 e. The van der Waals surface area contributed by atoms with Crippen molar-refractivity contribution in [2.75, 3.05) is 6.54 Å². The van der Waals surface area contributed by atoms with Crippen LogP contribution in [0.1, 0.15) is 86.2 Å². The second-order valence-corrected chi connectivity index (χ2v) is 9.75. The van der Waals surface area contributed by atoms with Crippen molar-refractivity contribution in [1.82, 2.24) is 0 Å². The van der Waals surface area contributed by atoms with Gasteiger partial charge in [0.1, 0.15) is 5.75 Å². The average Bonchev–Trinajstić information content (AvgIpc) is 2.63. The molecule has 0 heterocycles. The normalized spacial score (nSPS) is 33.6. The van der Waals surface area contributed by atoms with Crippen molar-refractivity contribution in [1.29, 1.82) is 0 Å². The van der Waals surface area contributed by atoms with Crippen LogP contribution in [0.5, 0.6) is 5.75 Å². The van der Waals surface area contributed by atoms with E-state index in [0.29, 0.717) is 31.2 Å². The van der Waals surface area contributed by atoms with Gasteiger partial charge in [0.05, 0.1) is 17.3 Å². The summed E-state index contributed by atoms with van der Waals surface area (Å²) in [6.07, 6.45) is 7.62. The Morgan fingerprint density at radius 3 is 2.40 bits per heavy atom. The molecule has 1 amide bonds. The largest absolute Gasteiger partial charge is 0.507 e. The lowest BCUT2D eigenvalue weighted by Gasteiger charge is -2.58. The summed E-state index contributed by atoms with van der Waals surface area (Å²) >= 11 is 0. The van der Waals surface area contributed by atoms with Gasteiger partial charge >= 0.3 is 0 Å². The molecule has 0 bridgehead atoms. The summed E-state index contributed by atoms with van der Waals surface area (Å²) in [6, 6.07) is 3.29. The summed E-state index contributed by atoms with van der Waals surface area (Å²) in [5, 5.41) is 32.8. The predicted molar refractivity (Wildman–Crippen MR) is 117 cm³/mol. The molecule has 6 nitrogen and oxygen atoms in total. The van der Waals surface area contributed by atoms with Gasteiger partial charge < -0.3 is 26.8 Å². The number of aliphatic hydroxyl groups excluding tert-OH is 1. The molecule has 30 heavy (non-hydrogen) atoms. The van der Waals surface area contributed by atoms with Crippen LogP contribution in [0.4, 0.5) is 0 Å². The van der Waals surface area contributed by atoms with Crippen molar-refractivity contribution in [2.24, 2.45) is 23.3 Å². The number of carbonyl (C=O) groups is 1. The van der Waals surface area contributed by atoms with Crippen molar-refractivity contribution in [3.63, 3.8) is 0 Å². The third kappa shape index (κ3) is 3.85. The highest BCUT2D eigenvalue weighted by atomic mass is 16.3. The van der Waals surface area contributed by atoms with Gasteiger partial charge in [0.25, 0.3) is 5.91 Å². The van der Waals surface area contributed by atoms with Gasteiger partial charge in [-0.1, -0.05) is 25.8 Å². The lowest BCUT2D eigenvalue weighted by Crippen LogP contribution is -2.62. The van der Waals surface area contributed by atoms with Crippen LogP contribution in [0.2, 0.25) is 0 Å². The van der Waals surface area contributed by atoms with Crippen molar-refractivity contribution in [2.45, 2.75) is 88.8 Å². The fourth-order valence-corrected chi connectivity index (χ4v) is 5.96. The van der Waals surface area contributed by atoms with E-state index in [1.165, 1.54) is 25.3 Å². The number of primary amides is 1. The summed E-state index contributed by atoms with van der Waals surface area (Å²) in [5.74, 6) is 0.137. The van der Waals surface area contributed by atoms with Gasteiger partial charge in [-0.2, -0.15) is 0 Å². The zero-order chi connectivity index (χ0) is 22.1. The van der Waals surface area contributed by atoms with Crippen LogP contribution >= 0.6 is 0 Å². The smallest absolute Gasteiger partial charge is 0.252 e. The van der Waals surface area contributed by atoms with E-state index in [0.717, 1.165) is 30.9 Å². The van der Waals surface area contributed by atoms with E-state index in [2.05, 4.69) is 0 Å². The second kappa shape index (κ2) is 8.85. The number of hydrogen-bond acceptors (Lipinski definition) is 5. The van der Waals surface area contributed by atoms with Gasteiger partial charge in [-0.3, -0.25) is 4.79 Å². The number of fused-ring (bicyclic) bond motifs is 1. The molecule has 3 aliphatic carbocycles. The first kappa shape index (κ1) is 23.0. The molecule has 0 aliphatic heterocycles. The standard InChI is InChI=1S/C19H27NO4.C5H11N/c1-11-5-6-14(17(20)23)16(22)15(11)18-8-3-4-12(2)19(18,24)9-7-13(21)10-18;6-4-5-2-1-3-5/h5-6,12-13,21-22,24H,3-4,7-10H2,1-2H3,(H2,20,23);5H,1-4,6H2/t12-,13-,18+,19+;/m0./s1. The molecule has 1 aromatic rings. The van der Waals surface area contributed by atoms with E-state index >= 15 is 0 Å². The first-order valence-corrected chi connectivity index (χ1v) is 11.4.